The van der Waals surface area contributed by atoms with Gasteiger partial charge in [-0.15, -0.1) is 0 Å². The number of aromatic nitrogens is 4. The number of aryl methyl sites for hydroxylation is 2. The second-order valence-electron chi connectivity index (χ2n) is 9.07. The molecule has 2 saturated heterocycles. The van der Waals surface area contributed by atoms with Gasteiger partial charge in [0.25, 0.3) is 10.0 Å². The van der Waals surface area contributed by atoms with Crippen molar-refractivity contribution in [3.63, 3.8) is 0 Å². The summed E-state index contributed by atoms with van der Waals surface area (Å²) in [5.74, 6) is 0.658. The predicted octanol–water partition coefficient (Wildman–Crippen LogP) is 2.63. The molecule has 5 rings (SSSR count). The molecule has 0 saturated carbocycles. The van der Waals surface area contributed by atoms with Gasteiger partial charge in [-0.2, -0.15) is 9.29 Å². The van der Waals surface area contributed by atoms with Crippen LogP contribution >= 0.6 is 0 Å². The van der Waals surface area contributed by atoms with E-state index in [4.69, 9.17) is 4.52 Å². The molecule has 4 heterocycles. The van der Waals surface area contributed by atoms with Crippen molar-refractivity contribution in [2.75, 3.05) is 24.5 Å². The van der Waals surface area contributed by atoms with Gasteiger partial charge >= 0.3 is 0 Å². The molecule has 2 aliphatic heterocycles. The van der Waals surface area contributed by atoms with E-state index in [0.717, 1.165) is 30.5 Å². The van der Waals surface area contributed by atoms with Crippen molar-refractivity contribution >= 4 is 21.6 Å². The first-order valence-corrected chi connectivity index (χ1v) is 13.0. The summed E-state index contributed by atoms with van der Waals surface area (Å²) in [6.07, 6.45) is 6.06. The third-order valence-corrected chi connectivity index (χ3v) is 8.40. The highest BCUT2D eigenvalue weighted by molar-refractivity contribution is 7.89. The van der Waals surface area contributed by atoms with Gasteiger partial charge in [0.15, 0.2) is 10.9 Å². The summed E-state index contributed by atoms with van der Waals surface area (Å²) in [4.78, 5) is 23.0. The van der Waals surface area contributed by atoms with Crippen molar-refractivity contribution in [2.24, 2.45) is 0 Å². The maximum atomic E-state index is 12.8. The van der Waals surface area contributed by atoms with Crippen LogP contribution in [0, 0.1) is 13.8 Å². The quantitative estimate of drug-likeness (QED) is 0.528. The van der Waals surface area contributed by atoms with Gasteiger partial charge in [0, 0.05) is 37.9 Å². The minimum Gasteiger partial charge on any atom is -0.339 e. The van der Waals surface area contributed by atoms with E-state index >= 15 is 0 Å². The Hall–Kier alpha value is -3.05. The first-order chi connectivity index (χ1) is 16.3. The molecule has 0 N–H and O–H groups in total. The molecule has 34 heavy (non-hydrogen) atoms. The molecule has 0 spiro atoms. The molecule has 0 unspecified atom stereocenters. The van der Waals surface area contributed by atoms with Crippen LogP contribution in [0.25, 0.3) is 0 Å². The van der Waals surface area contributed by atoms with Crippen LogP contribution in [0.1, 0.15) is 54.4 Å². The van der Waals surface area contributed by atoms with E-state index in [-0.39, 0.29) is 23.4 Å². The van der Waals surface area contributed by atoms with Crippen LogP contribution in [-0.4, -0.2) is 58.0 Å². The van der Waals surface area contributed by atoms with E-state index < -0.39 is 10.0 Å². The number of benzene rings is 1. The van der Waals surface area contributed by atoms with Crippen molar-refractivity contribution in [1.82, 2.24) is 24.0 Å². The van der Waals surface area contributed by atoms with Gasteiger partial charge in [-0.05, 0) is 49.9 Å². The lowest BCUT2D eigenvalue weighted by molar-refractivity contribution is -0.117. The summed E-state index contributed by atoms with van der Waals surface area (Å²) in [6.45, 7) is 5.84. The molecule has 0 radical (unpaired) electrons. The van der Waals surface area contributed by atoms with E-state index in [2.05, 4.69) is 15.1 Å². The fourth-order valence-corrected chi connectivity index (χ4v) is 5.93. The van der Waals surface area contributed by atoms with Crippen LogP contribution in [0.3, 0.4) is 0 Å². The summed E-state index contributed by atoms with van der Waals surface area (Å²) < 4.78 is 34.2. The molecule has 11 heteroatoms. The number of piperidine rings is 1. The number of imidazole rings is 1. The number of rotatable bonds is 6. The van der Waals surface area contributed by atoms with Gasteiger partial charge < -0.3 is 14.0 Å². The maximum Gasteiger partial charge on any atom is 0.262 e. The molecular weight excluding hydrogens is 456 g/mol. The molecule has 1 amide bonds. The first-order valence-electron chi connectivity index (χ1n) is 11.5. The maximum absolute atomic E-state index is 12.8. The van der Waals surface area contributed by atoms with Crippen LogP contribution < -0.4 is 4.90 Å². The van der Waals surface area contributed by atoms with Crippen molar-refractivity contribution in [1.29, 1.82) is 0 Å². The normalized spacial score (nSPS) is 19.8. The van der Waals surface area contributed by atoms with Crippen LogP contribution in [0.5, 0.6) is 0 Å². The highest BCUT2D eigenvalue weighted by Crippen LogP contribution is 2.32. The summed E-state index contributed by atoms with van der Waals surface area (Å²) >= 11 is 0. The van der Waals surface area contributed by atoms with Crippen LogP contribution in [0.4, 0.5) is 5.69 Å². The SMILES string of the molecule is Cc1ccc(N2C[C@@H](c3nc(Cn4cnc(S(=O)(=O)N5CCCCC5)c4)no3)CC2=O)cc1C. The number of carbonyl (C=O) groups excluding carboxylic acids is 1. The molecule has 0 aliphatic carbocycles. The topological polar surface area (TPSA) is 114 Å². The van der Waals surface area contributed by atoms with Crippen molar-refractivity contribution < 1.29 is 17.7 Å². The minimum absolute atomic E-state index is 0.0233. The zero-order valence-electron chi connectivity index (χ0n) is 19.3. The Morgan fingerprint density at radius 1 is 1.12 bits per heavy atom. The van der Waals surface area contributed by atoms with Gasteiger partial charge in [0.2, 0.25) is 11.8 Å². The van der Waals surface area contributed by atoms with E-state index in [9.17, 15) is 13.2 Å². The standard InChI is InChI=1S/C23H28N6O4S/c1-16-6-7-19(10-17(16)2)29-12-18(11-22(29)30)23-25-20(26-33-23)13-27-14-21(24-15-27)34(31,32)28-8-4-3-5-9-28/h6-7,10,14-15,18H,3-5,8-9,11-13H2,1-2H3/t18-/m0/s1. The number of amides is 1. The third kappa shape index (κ3) is 4.37. The van der Waals surface area contributed by atoms with Gasteiger partial charge in [0.1, 0.15) is 0 Å². The van der Waals surface area contributed by atoms with E-state index in [0.29, 0.717) is 37.8 Å². The number of carbonyl (C=O) groups is 1. The molecule has 1 aromatic carbocycles. The van der Waals surface area contributed by atoms with Crippen molar-refractivity contribution in [2.45, 2.75) is 57.0 Å². The second kappa shape index (κ2) is 8.95. The highest BCUT2D eigenvalue weighted by atomic mass is 32.2. The molecule has 2 fully saturated rings. The number of nitrogens with zero attached hydrogens (tertiary/aromatic N) is 6. The molecule has 0 bridgehead atoms. The Kier molecular flexibility index (Phi) is 5.98. The van der Waals surface area contributed by atoms with Gasteiger partial charge in [-0.1, -0.05) is 17.6 Å². The van der Waals surface area contributed by atoms with Gasteiger partial charge in [-0.3, -0.25) is 4.79 Å². The molecule has 180 valence electrons. The van der Waals surface area contributed by atoms with Gasteiger partial charge in [-0.25, -0.2) is 13.4 Å². The zero-order valence-corrected chi connectivity index (χ0v) is 20.2. The van der Waals surface area contributed by atoms with Crippen molar-refractivity contribution in [3.05, 3.63) is 53.6 Å². The van der Waals surface area contributed by atoms with Crippen LogP contribution in [0.2, 0.25) is 0 Å². The smallest absolute Gasteiger partial charge is 0.262 e. The second-order valence-corrected chi connectivity index (χ2v) is 11.0. The largest absolute Gasteiger partial charge is 0.339 e. The number of hydrogen-bond donors (Lipinski definition) is 0. The van der Waals surface area contributed by atoms with Crippen LogP contribution in [0.15, 0.2) is 40.3 Å². The minimum atomic E-state index is -3.59. The van der Waals surface area contributed by atoms with E-state index in [1.165, 1.54) is 22.4 Å². The van der Waals surface area contributed by atoms with Crippen LogP contribution in [-0.2, 0) is 21.4 Å². The Bertz CT molecular complexity index is 1310. The Labute approximate surface area is 198 Å². The lowest BCUT2D eigenvalue weighted by Gasteiger charge is -2.24. The van der Waals surface area contributed by atoms with Crippen molar-refractivity contribution in [3.8, 4) is 0 Å². The molecule has 3 aromatic rings. The lowest BCUT2D eigenvalue weighted by Crippen LogP contribution is -2.35. The number of hydrogen-bond acceptors (Lipinski definition) is 7. The Balaban J connectivity index is 1.26. The summed E-state index contributed by atoms with van der Waals surface area (Å²) in [5.41, 5.74) is 3.19. The van der Waals surface area contributed by atoms with E-state index in [1.807, 2.05) is 32.0 Å². The predicted molar refractivity (Wildman–Crippen MR) is 124 cm³/mol. The molecule has 10 nitrogen and oxygen atoms in total. The fraction of sp³-hybridized carbons (Fsp3) is 0.478. The molecule has 2 aromatic heterocycles. The summed E-state index contributed by atoms with van der Waals surface area (Å²) in [5, 5.41) is 4.07. The fourth-order valence-electron chi connectivity index (χ4n) is 4.47. The molecular formula is C23H28N6O4S. The number of sulfonamides is 1. The monoisotopic (exact) mass is 484 g/mol. The Morgan fingerprint density at radius 3 is 2.68 bits per heavy atom. The summed E-state index contributed by atoms with van der Waals surface area (Å²) in [7, 11) is -3.59. The van der Waals surface area contributed by atoms with Gasteiger partial charge in [0.05, 0.1) is 18.8 Å². The third-order valence-electron chi connectivity index (χ3n) is 6.61. The lowest BCUT2D eigenvalue weighted by atomic mass is 10.1. The average Bonchev–Trinajstić information content (AvgIpc) is 3.57. The summed E-state index contributed by atoms with van der Waals surface area (Å²) in [6, 6.07) is 5.99. The average molecular weight is 485 g/mol. The highest BCUT2D eigenvalue weighted by Gasteiger charge is 2.35. The number of anilines is 1. The van der Waals surface area contributed by atoms with E-state index in [1.54, 1.807) is 9.47 Å². The first kappa shape index (κ1) is 22.7. The zero-order chi connectivity index (χ0) is 23.9. The molecule has 1 atom stereocenters. The molecule has 2 aliphatic rings. The Morgan fingerprint density at radius 2 is 1.91 bits per heavy atom.